The van der Waals surface area contributed by atoms with Crippen LogP contribution in [0.5, 0.6) is 0 Å². The van der Waals surface area contributed by atoms with Gasteiger partial charge in [-0.15, -0.1) is 0 Å². The molecule has 39 heavy (non-hydrogen) atoms. The summed E-state index contributed by atoms with van der Waals surface area (Å²) in [6.07, 6.45) is 0. The Balaban J connectivity index is 0.000000580. The maximum atomic E-state index is 10.7. The third-order valence-corrected chi connectivity index (χ3v) is 5.71. The number of benzene rings is 2. The molecule has 0 saturated heterocycles. The summed E-state index contributed by atoms with van der Waals surface area (Å²) in [6, 6.07) is 22.5. The van der Waals surface area contributed by atoms with Crippen LogP contribution in [0.4, 0.5) is 13.2 Å². The van der Waals surface area contributed by atoms with Crippen molar-refractivity contribution in [2.75, 3.05) is 13.2 Å². The number of ether oxygens (including phenoxy) is 2. The van der Waals surface area contributed by atoms with Gasteiger partial charge in [0, 0.05) is 23.3 Å². The van der Waals surface area contributed by atoms with Crippen molar-refractivity contribution in [3.8, 4) is 23.7 Å². The van der Waals surface area contributed by atoms with Crippen LogP contribution < -0.4 is 4.57 Å². The molecule has 0 N–H and O–H groups in total. The van der Waals surface area contributed by atoms with E-state index < -0.39 is 15.6 Å². The lowest BCUT2D eigenvalue weighted by Crippen LogP contribution is -2.39. The molecule has 0 amide bonds. The van der Waals surface area contributed by atoms with Crippen LogP contribution in [0, 0.1) is 37.5 Å². The molecule has 0 atom stereocenters. The Morgan fingerprint density at radius 2 is 1.13 bits per heavy atom. The standard InChI is InChI=1S/C28H28NO2.CHF3O3S/c1-23-11-15-25(16-12-23)7-5-19-30-21-27-9-4-10-28(29(27)3)22-31-20-6-8-26-17-13-24(2)14-18-26;2-1(3,4)8(5,6)7/h4,9-18H,19-22H2,1-3H3;(H,5,6,7)/q+1;/p-1. The van der Waals surface area contributed by atoms with E-state index in [4.69, 9.17) is 22.4 Å². The van der Waals surface area contributed by atoms with Gasteiger partial charge in [-0.05, 0) is 44.2 Å². The van der Waals surface area contributed by atoms with Crippen molar-refractivity contribution >= 4 is 10.1 Å². The molecule has 0 spiro atoms. The SMILES string of the molecule is Cc1ccc(C#CCOCc2cccc(COCC#Cc3ccc(C)cc3)[n+]2C)cc1.O=S(=O)([O-])C(F)(F)F. The zero-order valence-corrected chi connectivity index (χ0v) is 22.5. The second kappa shape index (κ2) is 15.1. The quantitative estimate of drug-likeness (QED) is 0.148. The molecule has 0 fully saturated rings. The van der Waals surface area contributed by atoms with Crippen molar-refractivity contribution in [2.24, 2.45) is 7.05 Å². The zero-order chi connectivity index (χ0) is 28.9. The summed E-state index contributed by atoms with van der Waals surface area (Å²) in [5.74, 6) is 12.4. The van der Waals surface area contributed by atoms with Crippen LogP contribution in [-0.2, 0) is 39.9 Å². The lowest BCUT2D eigenvalue weighted by molar-refractivity contribution is -0.690. The molecule has 1 heterocycles. The average Bonchev–Trinajstić information content (AvgIpc) is 2.87. The number of alkyl halides is 3. The van der Waals surface area contributed by atoms with E-state index >= 15 is 0 Å². The van der Waals surface area contributed by atoms with E-state index in [9.17, 15) is 13.2 Å². The van der Waals surface area contributed by atoms with Crippen LogP contribution in [-0.4, -0.2) is 31.7 Å². The number of pyridine rings is 1. The highest BCUT2D eigenvalue weighted by Crippen LogP contribution is 2.20. The number of hydrogen-bond acceptors (Lipinski definition) is 5. The fourth-order valence-electron chi connectivity index (χ4n) is 2.93. The van der Waals surface area contributed by atoms with E-state index in [0.29, 0.717) is 26.4 Å². The van der Waals surface area contributed by atoms with Crippen LogP contribution in [0.2, 0.25) is 0 Å². The Morgan fingerprint density at radius 1 is 0.769 bits per heavy atom. The molecule has 0 aliphatic carbocycles. The molecule has 0 radical (unpaired) electrons. The second-order valence-electron chi connectivity index (χ2n) is 8.29. The predicted octanol–water partition coefficient (Wildman–Crippen LogP) is 4.32. The van der Waals surface area contributed by atoms with Crippen molar-refractivity contribution in [2.45, 2.75) is 32.6 Å². The van der Waals surface area contributed by atoms with Crippen molar-refractivity contribution in [3.63, 3.8) is 0 Å². The van der Waals surface area contributed by atoms with Gasteiger partial charge in [-0.2, -0.15) is 17.7 Å². The van der Waals surface area contributed by atoms with Crippen LogP contribution in [0.3, 0.4) is 0 Å². The molecule has 0 unspecified atom stereocenters. The fourth-order valence-corrected chi connectivity index (χ4v) is 2.93. The van der Waals surface area contributed by atoms with Gasteiger partial charge in [0.05, 0.1) is 0 Å². The number of aryl methyl sites for hydroxylation is 2. The van der Waals surface area contributed by atoms with Gasteiger partial charge in [-0.3, -0.25) is 0 Å². The first kappa shape index (κ1) is 31.5. The smallest absolute Gasteiger partial charge is 0.485 e. The summed E-state index contributed by atoms with van der Waals surface area (Å²) >= 11 is 0. The third kappa shape index (κ3) is 11.7. The Kier molecular flexibility index (Phi) is 12.2. The van der Waals surface area contributed by atoms with Crippen molar-refractivity contribution in [3.05, 3.63) is 100 Å². The molecule has 0 aliphatic heterocycles. The molecule has 0 bridgehead atoms. The van der Waals surface area contributed by atoms with Gasteiger partial charge in [0.15, 0.2) is 10.1 Å². The topological polar surface area (TPSA) is 79.5 Å². The second-order valence-corrected chi connectivity index (χ2v) is 9.66. The Bertz CT molecular complexity index is 1360. The Hall–Kier alpha value is -3.67. The maximum absolute atomic E-state index is 10.7. The van der Waals surface area contributed by atoms with Gasteiger partial charge in [0.1, 0.15) is 33.5 Å². The summed E-state index contributed by atoms with van der Waals surface area (Å²) in [7, 11) is -4.07. The van der Waals surface area contributed by atoms with Crippen LogP contribution >= 0.6 is 0 Å². The summed E-state index contributed by atoms with van der Waals surface area (Å²) < 4.78 is 72.5. The summed E-state index contributed by atoms with van der Waals surface area (Å²) in [4.78, 5) is 0. The first-order chi connectivity index (χ1) is 18.4. The van der Waals surface area contributed by atoms with E-state index in [0.717, 1.165) is 22.5 Å². The number of nitrogens with zero attached hydrogens (tertiary/aromatic N) is 1. The van der Waals surface area contributed by atoms with Gasteiger partial charge in [0.25, 0.3) is 0 Å². The summed E-state index contributed by atoms with van der Waals surface area (Å²) in [5.41, 5.74) is 0.974. The van der Waals surface area contributed by atoms with E-state index in [2.05, 4.69) is 66.4 Å². The van der Waals surface area contributed by atoms with E-state index in [1.54, 1.807) is 0 Å². The minimum absolute atomic E-state index is 0.392. The summed E-state index contributed by atoms with van der Waals surface area (Å²) in [5, 5.41) is 0. The Morgan fingerprint density at radius 3 is 1.46 bits per heavy atom. The first-order valence-corrected chi connectivity index (χ1v) is 13.0. The number of hydrogen-bond donors (Lipinski definition) is 0. The fraction of sp³-hybridized carbons (Fsp3) is 0.276. The molecule has 0 aliphatic rings. The molecule has 206 valence electrons. The first-order valence-electron chi connectivity index (χ1n) is 11.6. The molecule has 2 aromatic carbocycles. The van der Waals surface area contributed by atoms with Gasteiger partial charge < -0.3 is 14.0 Å². The third-order valence-electron chi connectivity index (χ3n) is 5.14. The highest BCUT2D eigenvalue weighted by Gasteiger charge is 2.36. The van der Waals surface area contributed by atoms with Gasteiger partial charge in [-0.25, -0.2) is 8.42 Å². The number of rotatable bonds is 6. The number of halogens is 3. The zero-order valence-electron chi connectivity index (χ0n) is 21.7. The molecule has 3 aromatic rings. The molecule has 3 rings (SSSR count). The van der Waals surface area contributed by atoms with E-state index in [1.807, 2.05) is 49.5 Å². The monoisotopic (exact) mass is 559 g/mol. The highest BCUT2D eigenvalue weighted by molar-refractivity contribution is 7.86. The van der Waals surface area contributed by atoms with Crippen molar-refractivity contribution in [1.82, 2.24) is 0 Å². The minimum Gasteiger partial charge on any atom is -0.741 e. The lowest BCUT2D eigenvalue weighted by Gasteiger charge is -2.08. The molecule has 6 nitrogen and oxygen atoms in total. The summed E-state index contributed by atoms with van der Waals surface area (Å²) in [6.45, 7) is 5.92. The number of aromatic nitrogens is 1. The highest BCUT2D eigenvalue weighted by atomic mass is 32.2. The predicted molar refractivity (Wildman–Crippen MR) is 139 cm³/mol. The van der Waals surface area contributed by atoms with E-state index in [-0.39, 0.29) is 0 Å². The average molecular weight is 560 g/mol. The van der Waals surface area contributed by atoms with Gasteiger partial charge in [0.2, 0.25) is 11.4 Å². The Labute approximate surface area is 227 Å². The molecular formula is C29H28F3NO5S. The normalized spacial score (nSPS) is 10.8. The van der Waals surface area contributed by atoms with Gasteiger partial charge in [-0.1, -0.05) is 59.1 Å². The van der Waals surface area contributed by atoms with Crippen molar-refractivity contribution in [1.29, 1.82) is 0 Å². The lowest BCUT2D eigenvalue weighted by atomic mass is 10.2. The molecular weight excluding hydrogens is 531 g/mol. The molecule has 1 aromatic heterocycles. The van der Waals surface area contributed by atoms with Crippen LogP contribution in [0.1, 0.15) is 33.6 Å². The maximum Gasteiger partial charge on any atom is 0.485 e. The van der Waals surface area contributed by atoms with Gasteiger partial charge >= 0.3 is 5.51 Å². The molecule has 0 saturated carbocycles. The van der Waals surface area contributed by atoms with Crippen molar-refractivity contribution < 1.29 is 40.2 Å². The van der Waals surface area contributed by atoms with Crippen LogP contribution in [0.15, 0.2) is 66.7 Å². The van der Waals surface area contributed by atoms with E-state index in [1.165, 1.54) is 11.1 Å². The molecule has 10 heteroatoms. The van der Waals surface area contributed by atoms with Crippen LogP contribution in [0.25, 0.3) is 0 Å². The largest absolute Gasteiger partial charge is 0.741 e. The minimum atomic E-state index is -6.09.